The van der Waals surface area contributed by atoms with Crippen molar-refractivity contribution in [3.05, 3.63) is 131 Å². The molecule has 75 heavy (non-hydrogen) atoms. The fourth-order valence-corrected chi connectivity index (χ4v) is 10.5. The van der Waals surface area contributed by atoms with Gasteiger partial charge < -0.3 is 42.2 Å². The van der Waals surface area contributed by atoms with E-state index in [4.69, 9.17) is 26.2 Å². The number of imidazole rings is 1. The summed E-state index contributed by atoms with van der Waals surface area (Å²) in [5.74, 6) is -0.361. The maximum Gasteiger partial charge on any atom is 0.246 e. The second kappa shape index (κ2) is 22.6. The van der Waals surface area contributed by atoms with E-state index in [0.717, 1.165) is 69.0 Å². The van der Waals surface area contributed by atoms with E-state index < -0.39 is 35.4 Å². The molecule has 1 saturated carbocycles. The Morgan fingerprint density at radius 3 is 2.37 bits per heavy atom. The number of aryl methyl sites for hydroxylation is 2. The third-order valence-corrected chi connectivity index (χ3v) is 15.1. The van der Waals surface area contributed by atoms with E-state index in [9.17, 15) is 24.3 Å². The number of likely N-dealkylation sites (tertiary alicyclic amines) is 1. The Morgan fingerprint density at radius 1 is 0.880 bits per heavy atom. The molecule has 1 aliphatic heterocycles. The van der Waals surface area contributed by atoms with Gasteiger partial charge in [-0.3, -0.25) is 23.7 Å². The average Bonchev–Trinajstić information content (AvgIpc) is 4.13. The van der Waals surface area contributed by atoms with Gasteiger partial charge in [0.25, 0.3) is 0 Å². The fraction of sp³-hybridized carbons (Fsp3) is 0.368. The molecular weight excluding hydrogens is 967 g/mol. The molecule has 1 unspecified atom stereocenters. The molecule has 2 aliphatic rings. The Balaban J connectivity index is 0.738. The van der Waals surface area contributed by atoms with Crippen LogP contribution in [0.1, 0.15) is 81.7 Å². The van der Waals surface area contributed by atoms with Crippen molar-refractivity contribution in [2.45, 2.75) is 103 Å². The standard InChI is InChI=1S/C57H65N11O6S/c1-35-49(75-34-63-35)38-14-11-37(12-15-38)32-62-54(72)46-31-42(69)33-67(46)55(73)50(56(2,3)4)66-48(71)23-28-74-29-27-60-47(70)22-13-36-8-5-9-39(30-36)44-20-21-45-53(64-44)68(52(65-45)43-10-6-26-61-51(43)58)41-18-16-40(17-19-41)57(59)24-7-25-57/h5-6,8-12,14-21,26,30,34,42,46,50,69H,7,13,22-25,27-29,31-33,59H2,1-4H3,(H2,58,61)(H,60,70)(H,62,72)(H,66,71)/t42-,46+,50?/m1/s1. The average molecular weight is 1030 g/mol. The molecule has 18 heteroatoms. The molecular formula is C57H65N11O6S. The van der Waals surface area contributed by atoms with Crippen LogP contribution < -0.4 is 27.4 Å². The second-order valence-electron chi connectivity index (χ2n) is 20.7. The Labute approximate surface area is 440 Å². The number of nitrogen functional groups attached to an aromatic ring is 1. The molecule has 0 bridgehead atoms. The van der Waals surface area contributed by atoms with Gasteiger partial charge in [0.2, 0.25) is 23.6 Å². The van der Waals surface area contributed by atoms with Crippen molar-refractivity contribution in [2.24, 2.45) is 11.1 Å². The van der Waals surface area contributed by atoms with Crippen molar-refractivity contribution in [1.29, 1.82) is 0 Å². The number of nitrogens with two attached hydrogens (primary N) is 2. The molecule has 0 spiro atoms. The van der Waals surface area contributed by atoms with Gasteiger partial charge in [0.05, 0.1) is 46.7 Å². The molecule has 390 valence electrons. The second-order valence-corrected chi connectivity index (χ2v) is 21.5. The number of benzene rings is 3. The number of pyridine rings is 2. The van der Waals surface area contributed by atoms with Crippen LogP contribution in [0, 0.1) is 12.3 Å². The highest BCUT2D eigenvalue weighted by atomic mass is 32.1. The number of β-amino-alcohol motifs (C(OH)–C–C–N with tert-alkyl or cyclic N) is 1. The number of ether oxygens (including phenoxy) is 1. The molecule has 2 fully saturated rings. The van der Waals surface area contributed by atoms with Crippen LogP contribution in [0.15, 0.2) is 109 Å². The van der Waals surface area contributed by atoms with Crippen molar-refractivity contribution >= 4 is 51.9 Å². The highest BCUT2D eigenvalue weighted by Crippen LogP contribution is 2.40. The summed E-state index contributed by atoms with van der Waals surface area (Å²) in [5.41, 5.74) is 23.4. The quantitative estimate of drug-likeness (QED) is 0.0460. The minimum Gasteiger partial charge on any atom is -0.391 e. The van der Waals surface area contributed by atoms with E-state index in [0.29, 0.717) is 34.8 Å². The Morgan fingerprint density at radius 2 is 1.67 bits per heavy atom. The minimum atomic E-state index is -0.964. The molecule has 17 nitrogen and oxygen atoms in total. The molecule has 3 atom stereocenters. The highest BCUT2D eigenvalue weighted by molar-refractivity contribution is 7.13. The smallest absolute Gasteiger partial charge is 0.246 e. The summed E-state index contributed by atoms with van der Waals surface area (Å²) in [7, 11) is 0. The fourth-order valence-electron chi connectivity index (χ4n) is 9.71. The minimum absolute atomic E-state index is 0.0229. The maximum absolute atomic E-state index is 14.1. The summed E-state index contributed by atoms with van der Waals surface area (Å²) in [6.07, 6.45) is 4.64. The molecule has 3 aromatic carbocycles. The predicted molar refractivity (Wildman–Crippen MR) is 290 cm³/mol. The predicted octanol–water partition coefficient (Wildman–Crippen LogP) is 6.77. The number of carbonyl (C=O) groups excluding carboxylic acids is 4. The van der Waals surface area contributed by atoms with Crippen LogP contribution in [-0.4, -0.2) is 103 Å². The van der Waals surface area contributed by atoms with Crippen LogP contribution in [0.4, 0.5) is 5.82 Å². The Bertz CT molecular complexity index is 3180. The molecule has 7 aromatic rings. The van der Waals surface area contributed by atoms with E-state index in [1.54, 1.807) is 17.5 Å². The number of carbonyl (C=O) groups is 4. The van der Waals surface area contributed by atoms with Crippen molar-refractivity contribution < 1.29 is 29.0 Å². The summed E-state index contributed by atoms with van der Waals surface area (Å²) >= 11 is 1.57. The lowest BCUT2D eigenvalue weighted by molar-refractivity contribution is -0.144. The number of aliphatic hydroxyl groups excluding tert-OH is 1. The first-order valence-corrected chi connectivity index (χ1v) is 26.4. The largest absolute Gasteiger partial charge is 0.391 e. The summed E-state index contributed by atoms with van der Waals surface area (Å²) in [6.45, 7) is 8.21. The van der Waals surface area contributed by atoms with E-state index in [2.05, 4.69) is 50.2 Å². The van der Waals surface area contributed by atoms with Crippen molar-refractivity contribution in [1.82, 2.24) is 45.4 Å². The van der Waals surface area contributed by atoms with Gasteiger partial charge in [-0.15, -0.1) is 11.3 Å². The first-order chi connectivity index (χ1) is 36.0. The van der Waals surface area contributed by atoms with Gasteiger partial charge in [0.1, 0.15) is 23.4 Å². The number of hydrogen-bond donors (Lipinski definition) is 6. The van der Waals surface area contributed by atoms with Crippen LogP contribution in [0.3, 0.4) is 0 Å². The van der Waals surface area contributed by atoms with Gasteiger partial charge in [-0.25, -0.2) is 19.9 Å². The summed E-state index contributed by atoms with van der Waals surface area (Å²) < 4.78 is 7.71. The first kappa shape index (κ1) is 52.5. The lowest BCUT2D eigenvalue weighted by atomic mass is 9.73. The summed E-state index contributed by atoms with van der Waals surface area (Å²) in [4.78, 5) is 75.0. The van der Waals surface area contributed by atoms with Gasteiger partial charge in [0.15, 0.2) is 11.5 Å². The third-order valence-electron chi connectivity index (χ3n) is 14.1. The zero-order valence-electron chi connectivity index (χ0n) is 42.8. The molecule has 0 radical (unpaired) electrons. The van der Waals surface area contributed by atoms with Crippen molar-refractivity contribution in [3.63, 3.8) is 0 Å². The number of anilines is 1. The zero-order valence-corrected chi connectivity index (χ0v) is 43.7. The van der Waals surface area contributed by atoms with Crippen molar-refractivity contribution in [3.8, 4) is 38.8 Å². The molecule has 1 saturated heterocycles. The number of amides is 4. The van der Waals surface area contributed by atoms with Gasteiger partial charge in [-0.05, 0) is 103 Å². The number of nitrogens with one attached hydrogen (secondary N) is 3. The monoisotopic (exact) mass is 1030 g/mol. The molecule has 8 N–H and O–H groups in total. The van der Waals surface area contributed by atoms with Gasteiger partial charge >= 0.3 is 0 Å². The lowest BCUT2D eigenvalue weighted by Gasteiger charge is -2.38. The topological polar surface area (TPSA) is 246 Å². The number of fused-ring (bicyclic) bond motifs is 1. The normalized spacial score (nSPS) is 16.6. The third kappa shape index (κ3) is 12.1. The van der Waals surface area contributed by atoms with Gasteiger partial charge in [0, 0.05) is 61.9 Å². The number of nitrogens with zero attached hydrogens (tertiary/aromatic N) is 6. The number of hydrogen-bond acceptors (Lipinski definition) is 13. The molecule has 4 aromatic heterocycles. The van der Waals surface area contributed by atoms with Crippen LogP contribution in [0.2, 0.25) is 0 Å². The molecule has 9 rings (SSSR count). The lowest BCUT2D eigenvalue weighted by Crippen LogP contribution is -2.57. The van der Waals surface area contributed by atoms with E-state index >= 15 is 0 Å². The Kier molecular flexibility index (Phi) is 15.8. The van der Waals surface area contributed by atoms with Crippen LogP contribution in [0.25, 0.3) is 49.9 Å². The number of aromatic nitrogens is 5. The zero-order chi connectivity index (χ0) is 52.9. The van der Waals surface area contributed by atoms with Crippen molar-refractivity contribution in [2.75, 3.05) is 32.0 Å². The van der Waals surface area contributed by atoms with Crippen LogP contribution in [-0.2, 0) is 42.4 Å². The Hall–Kier alpha value is -7.38. The first-order valence-electron chi connectivity index (χ1n) is 25.5. The summed E-state index contributed by atoms with van der Waals surface area (Å²) in [5, 5.41) is 19.3. The molecule has 4 amide bonds. The SMILES string of the molecule is Cc1ncsc1-c1ccc(CNC(=O)[C@@H]2C[C@@H](O)CN2C(=O)C(NC(=O)CCOCCNC(=O)CCc2cccc(-c3ccc4nc(-c5cccnc5N)n(-c5ccc(C6(N)CCC6)cc5)c4n3)c2)C(C)(C)C)cc1. The molecule has 1 aliphatic carbocycles. The molecule has 5 heterocycles. The van der Waals surface area contributed by atoms with Gasteiger partial charge in [-0.2, -0.15) is 0 Å². The van der Waals surface area contributed by atoms with Gasteiger partial charge in [-0.1, -0.05) is 75.4 Å². The summed E-state index contributed by atoms with van der Waals surface area (Å²) in [6, 6.07) is 29.9. The van der Waals surface area contributed by atoms with E-state index in [1.807, 2.05) is 111 Å². The highest BCUT2D eigenvalue weighted by Gasteiger charge is 2.44. The van der Waals surface area contributed by atoms with E-state index in [-0.39, 0.29) is 69.5 Å². The maximum atomic E-state index is 14.1. The van der Waals surface area contributed by atoms with E-state index in [1.165, 1.54) is 4.90 Å². The van der Waals surface area contributed by atoms with Crippen LogP contribution >= 0.6 is 11.3 Å². The van der Waals surface area contributed by atoms with Crippen LogP contribution in [0.5, 0.6) is 0 Å². The number of thiazole rings is 1. The number of rotatable bonds is 19. The number of aliphatic hydroxyl groups is 1.